The van der Waals surface area contributed by atoms with Crippen molar-refractivity contribution in [2.24, 2.45) is 5.10 Å². The molecule has 0 fully saturated rings. The molecule has 0 heterocycles. The molecule has 0 spiro atoms. The summed E-state index contributed by atoms with van der Waals surface area (Å²) in [5.41, 5.74) is 1.11. The molecule has 0 radical (unpaired) electrons. The van der Waals surface area contributed by atoms with Crippen LogP contribution in [0.4, 0.5) is 27.6 Å². The lowest BCUT2D eigenvalue weighted by molar-refractivity contribution is -0.140. The molecule has 21 heavy (non-hydrogen) atoms. The maximum absolute atomic E-state index is 13.5. The van der Waals surface area contributed by atoms with Gasteiger partial charge in [-0.3, -0.25) is 5.43 Å². The van der Waals surface area contributed by atoms with Gasteiger partial charge in [-0.25, -0.2) is 8.78 Å². The highest BCUT2D eigenvalue weighted by Crippen LogP contribution is 2.32. The van der Waals surface area contributed by atoms with Crippen molar-refractivity contribution in [1.82, 2.24) is 0 Å². The Bertz CT molecular complexity index is 650. The number of anilines is 1. The number of alkyl halides is 3. The van der Waals surface area contributed by atoms with Crippen LogP contribution in [-0.2, 0) is 6.18 Å². The molecule has 1 N–H and O–H groups in total. The highest BCUT2D eigenvalue weighted by Gasteiger charge is 2.35. The molecule has 0 aliphatic carbocycles. The van der Waals surface area contributed by atoms with Crippen LogP contribution in [0.5, 0.6) is 0 Å². The van der Waals surface area contributed by atoms with E-state index in [0.717, 1.165) is 12.3 Å². The molecule has 2 aromatic carbocycles. The minimum absolute atomic E-state index is 0.385. The molecule has 2 aromatic rings. The van der Waals surface area contributed by atoms with E-state index >= 15 is 0 Å². The van der Waals surface area contributed by atoms with E-state index in [-0.39, 0.29) is 5.56 Å². The fraction of sp³-hybridized carbons (Fsp3) is 0.0714. The Labute approximate surface area is 116 Å². The van der Waals surface area contributed by atoms with E-state index < -0.39 is 23.4 Å². The number of rotatable bonds is 3. The van der Waals surface area contributed by atoms with Gasteiger partial charge in [-0.05, 0) is 24.3 Å². The average Bonchev–Trinajstić information content (AvgIpc) is 2.43. The maximum Gasteiger partial charge on any atom is 0.419 e. The van der Waals surface area contributed by atoms with E-state index in [0.29, 0.717) is 11.8 Å². The van der Waals surface area contributed by atoms with Gasteiger partial charge in [0.25, 0.3) is 0 Å². The minimum Gasteiger partial charge on any atom is -0.279 e. The average molecular weight is 300 g/mol. The van der Waals surface area contributed by atoms with Gasteiger partial charge in [0.1, 0.15) is 0 Å². The Morgan fingerprint density at radius 3 is 2.19 bits per heavy atom. The van der Waals surface area contributed by atoms with E-state index in [1.54, 1.807) is 30.3 Å². The van der Waals surface area contributed by atoms with Gasteiger partial charge in [0.2, 0.25) is 0 Å². The monoisotopic (exact) mass is 300 g/mol. The van der Waals surface area contributed by atoms with Crippen molar-refractivity contribution in [3.63, 3.8) is 0 Å². The number of nitrogens with one attached hydrogen (secondary N) is 1. The minimum atomic E-state index is -4.94. The van der Waals surface area contributed by atoms with Crippen molar-refractivity contribution in [3.05, 3.63) is 65.2 Å². The first-order valence-electron chi connectivity index (χ1n) is 5.79. The fourth-order valence-corrected chi connectivity index (χ4v) is 1.57. The zero-order valence-corrected chi connectivity index (χ0v) is 10.5. The first-order valence-corrected chi connectivity index (χ1v) is 5.79. The quantitative estimate of drug-likeness (QED) is 0.506. The summed E-state index contributed by atoms with van der Waals surface area (Å²) in [6.07, 6.45) is -4.03. The van der Waals surface area contributed by atoms with Gasteiger partial charge in [-0.1, -0.05) is 18.2 Å². The number of hydrogen-bond acceptors (Lipinski definition) is 2. The molecule has 2 rings (SSSR count). The summed E-state index contributed by atoms with van der Waals surface area (Å²) in [6, 6.07) is 9.90. The predicted octanol–water partition coefficient (Wildman–Crippen LogP) is 4.43. The summed E-state index contributed by atoms with van der Waals surface area (Å²) in [7, 11) is 0. The first-order chi connectivity index (χ1) is 9.89. The molecule has 110 valence electrons. The highest BCUT2D eigenvalue weighted by molar-refractivity contribution is 5.80. The van der Waals surface area contributed by atoms with Crippen molar-refractivity contribution in [2.75, 3.05) is 5.43 Å². The number of halogens is 5. The Balaban J connectivity index is 2.20. The topological polar surface area (TPSA) is 24.4 Å². The van der Waals surface area contributed by atoms with Crippen LogP contribution in [0.3, 0.4) is 0 Å². The fourth-order valence-electron chi connectivity index (χ4n) is 1.57. The zero-order chi connectivity index (χ0) is 15.5. The van der Waals surface area contributed by atoms with Crippen LogP contribution in [0.1, 0.15) is 11.1 Å². The molecule has 0 aromatic heterocycles. The molecule has 7 heteroatoms. The van der Waals surface area contributed by atoms with Crippen LogP contribution in [0.2, 0.25) is 0 Å². The van der Waals surface area contributed by atoms with Gasteiger partial charge in [-0.15, -0.1) is 0 Å². The third kappa shape index (κ3) is 3.56. The zero-order valence-electron chi connectivity index (χ0n) is 10.5. The molecule has 0 aliphatic heterocycles. The van der Waals surface area contributed by atoms with Crippen molar-refractivity contribution < 1.29 is 22.0 Å². The molecule has 0 saturated carbocycles. The number of nitrogens with zero attached hydrogens (tertiary/aromatic N) is 1. The Hall–Kier alpha value is -2.44. The normalized spacial score (nSPS) is 11.9. The number of hydrazone groups is 1. The van der Waals surface area contributed by atoms with Crippen LogP contribution < -0.4 is 5.43 Å². The maximum atomic E-state index is 13.5. The number of benzene rings is 2. The lowest BCUT2D eigenvalue weighted by Crippen LogP contribution is -2.11. The lowest BCUT2D eigenvalue weighted by Gasteiger charge is -2.09. The van der Waals surface area contributed by atoms with Crippen molar-refractivity contribution in [3.8, 4) is 0 Å². The van der Waals surface area contributed by atoms with Crippen molar-refractivity contribution >= 4 is 11.9 Å². The molecule has 0 aliphatic rings. The summed E-state index contributed by atoms with van der Waals surface area (Å²) in [5.74, 6) is -3.53. The van der Waals surface area contributed by atoms with Gasteiger partial charge >= 0.3 is 6.18 Å². The summed E-state index contributed by atoms with van der Waals surface area (Å²) >= 11 is 0. The highest BCUT2D eigenvalue weighted by atomic mass is 19.4. The number of hydrogen-bond donors (Lipinski definition) is 1. The van der Waals surface area contributed by atoms with Gasteiger partial charge in [0, 0.05) is 5.56 Å². The van der Waals surface area contributed by atoms with Crippen LogP contribution >= 0.6 is 0 Å². The second kappa shape index (κ2) is 5.90. The van der Waals surface area contributed by atoms with E-state index in [4.69, 9.17) is 0 Å². The summed E-state index contributed by atoms with van der Waals surface area (Å²) in [6.45, 7) is 0. The summed E-state index contributed by atoms with van der Waals surface area (Å²) in [5, 5.41) is 3.64. The van der Waals surface area contributed by atoms with E-state index in [9.17, 15) is 22.0 Å². The van der Waals surface area contributed by atoms with Crippen LogP contribution in [0.15, 0.2) is 47.6 Å². The SMILES string of the molecule is Fc1c(C=NNc2ccccc2)ccc(C(F)(F)F)c1F. The van der Waals surface area contributed by atoms with Gasteiger partial charge in [0.05, 0.1) is 17.5 Å². The largest absolute Gasteiger partial charge is 0.419 e. The Morgan fingerprint density at radius 1 is 0.905 bits per heavy atom. The molecular formula is C14H9F5N2. The van der Waals surface area contributed by atoms with E-state index in [1.165, 1.54) is 0 Å². The standard InChI is InChI=1S/C14H9F5N2/c15-12-9(6-7-11(13(12)16)14(17,18)19)8-20-21-10-4-2-1-3-5-10/h1-8,21H. The van der Waals surface area contributed by atoms with Crippen LogP contribution in [-0.4, -0.2) is 6.21 Å². The molecule has 2 nitrogen and oxygen atoms in total. The van der Waals surface area contributed by atoms with Crippen molar-refractivity contribution in [1.29, 1.82) is 0 Å². The Morgan fingerprint density at radius 2 is 1.57 bits per heavy atom. The smallest absolute Gasteiger partial charge is 0.279 e. The van der Waals surface area contributed by atoms with Gasteiger partial charge in [0.15, 0.2) is 11.6 Å². The van der Waals surface area contributed by atoms with Crippen molar-refractivity contribution in [2.45, 2.75) is 6.18 Å². The predicted molar refractivity (Wildman–Crippen MR) is 69.0 cm³/mol. The molecule has 0 bridgehead atoms. The first kappa shape index (κ1) is 15.0. The third-order valence-corrected chi connectivity index (χ3v) is 2.59. The second-order valence-electron chi connectivity index (χ2n) is 4.06. The molecule has 0 amide bonds. The van der Waals surface area contributed by atoms with Gasteiger partial charge < -0.3 is 0 Å². The number of para-hydroxylation sites is 1. The van der Waals surface area contributed by atoms with Gasteiger partial charge in [-0.2, -0.15) is 18.3 Å². The second-order valence-corrected chi connectivity index (χ2v) is 4.06. The van der Waals surface area contributed by atoms with Crippen LogP contribution in [0, 0.1) is 11.6 Å². The van der Waals surface area contributed by atoms with E-state index in [2.05, 4.69) is 10.5 Å². The van der Waals surface area contributed by atoms with E-state index in [1.807, 2.05) is 0 Å². The summed E-state index contributed by atoms with van der Waals surface area (Å²) < 4.78 is 64.0. The molecule has 0 saturated heterocycles. The summed E-state index contributed by atoms with van der Waals surface area (Å²) in [4.78, 5) is 0. The molecule has 0 unspecified atom stereocenters. The molecule has 0 atom stereocenters. The lowest BCUT2D eigenvalue weighted by atomic mass is 10.1. The Kier molecular flexibility index (Phi) is 4.21. The third-order valence-electron chi connectivity index (χ3n) is 2.59. The molecular weight excluding hydrogens is 291 g/mol. The van der Waals surface area contributed by atoms with Crippen LogP contribution in [0.25, 0.3) is 0 Å².